The molecule has 152 valence electrons. The normalized spacial score (nSPS) is 18.1. The van der Waals surface area contributed by atoms with E-state index in [-0.39, 0.29) is 18.3 Å². The van der Waals surface area contributed by atoms with Gasteiger partial charge in [-0.15, -0.1) is 0 Å². The summed E-state index contributed by atoms with van der Waals surface area (Å²) in [6.07, 6.45) is 0. The molecule has 0 saturated heterocycles. The van der Waals surface area contributed by atoms with Gasteiger partial charge in [-0.3, -0.25) is 4.79 Å². The molecule has 0 saturated carbocycles. The lowest BCUT2D eigenvalue weighted by atomic mass is 9.79. The minimum Gasteiger partial charge on any atom is -0.549 e. The fourth-order valence-corrected chi connectivity index (χ4v) is 3.98. The maximum Gasteiger partial charge on any atom is 0.255 e. The van der Waals surface area contributed by atoms with Gasteiger partial charge in [0, 0.05) is 18.0 Å². The van der Waals surface area contributed by atoms with Crippen LogP contribution in [0.2, 0.25) is 0 Å². The van der Waals surface area contributed by atoms with E-state index < -0.39 is 17.9 Å². The SMILES string of the molecule is COc1ccc([C@H]2[C@H](C(=O)[O-])c3ccccc3C(=O)N2Cc2ccc(F)cc2)cc1. The standard InChI is InChI=1S/C24H20FNO4/c1-30-18-12-8-16(9-13-18)22-21(24(28)29)19-4-2-3-5-20(19)23(27)26(22)14-15-6-10-17(25)11-7-15/h2-13,21-22H,14H2,1H3,(H,28,29)/p-1/t21-,22+/m1/s1. The van der Waals surface area contributed by atoms with Crippen LogP contribution in [0.15, 0.2) is 72.8 Å². The first-order valence-electron chi connectivity index (χ1n) is 9.48. The second kappa shape index (κ2) is 7.99. The molecule has 0 fully saturated rings. The van der Waals surface area contributed by atoms with Crippen LogP contribution in [0.5, 0.6) is 5.75 Å². The van der Waals surface area contributed by atoms with E-state index in [0.29, 0.717) is 28.0 Å². The lowest BCUT2D eigenvalue weighted by molar-refractivity contribution is -0.309. The number of nitrogens with zero attached hydrogens (tertiary/aromatic N) is 1. The van der Waals surface area contributed by atoms with Gasteiger partial charge in [-0.05, 0) is 47.0 Å². The maximum absolute atomic E-state index is 13.4. The minimum atomic E-state index is -1.26. The summed E-state index contributed by atoms with van der Waals surface area (Å²) in [7, 11) is 1.54. The molecule has 0 N–H and O–H groups in total. The van der Waals surface area contributed by atoms with Crippen LogP contribution < -0.4 is 9.84 Å². The van der Waals surface area contributed by atoms with Gasteiger partial charge in [0.25, 0.3) is 5.91 Å². The van der Waals surface area contributed by atoms with E-state index in [1.807, 2.05) is 0 Å². The minimum absolute atomic E-state index is 0.133. The number of ether oxygens (including phenoxy) is 1. The van der Waals surface area contributed by atoms with Gasteiger partial charge in [0.05, 0.1) is 19.1 Å². The summed E-state index contributed by atoms with van der Waals surface area (Å²) in [6, 6.07) is 18.7. The average Bonchev–Trinajstić information content (AvgIpc) is 2.76. The predicted molar refractivity (Wildman–Crippen MR) is 106 cm³/mol. The number of hydrogen-bond donors (Lipinski definition) is 0. The van der Waals surface area contributed by atoms with Gasteiger partial charge in [-0.2, -0.15) is 0 Å². The molecule has 4 rings (SSSR count). The molecular weight excluding hydrogens is 385 g/mol. The van der Waals surface area contributed by atoms with Crippen LogP contribution >= 0.6 is 0 Å². The lowest BCUT2D eigenvalue weighted by Crippen LogP contribution is -2.47. The first-order chi connectivity index (χ1) is 14.5. The van der Waals surface area contributed by atoms with Crippen molar-refractivity contribution < 1.29 is 23.8 Å². The van der Waals surface area contributed by atoms with Gasteiger partial charge in [0.2, 0.25) is 0 Å². The monoisotopic (exact) mass is 404 g/mol. The summed E-state index contributed by atoms with van der Waals surface area (Å²) in [6.45, 7) is 0.133. The van der Waals surface area contributed by atoms with Crippen LogP contribution in [-0.2, 0) is 11.3 Å². The molecule has 3 aromatic rings. The molecule has 0 radical (unpaired) electrons. The van der Waals surface area contributed by atoms with Crippen LogP contribution in [0.25, 0.3) is 0 Å². The molecule has 1 aliphatic rings. The van der Waals surface area contributed by atoms with Crippen molar-refractivity contribution in [1.82, 2.24) is 4.90 Å². The molecule has 1 aliphatic heterocycles. The second-order valence-corrected chi connectivity index (χ2v) is 7.16. The van der Waals surface area contributed by atoms with E-state index in [0.717, 1.165) is 0 Å². The quantitative estimate of drug-likeness (QED) is 0.655. The third-order valence-corrected chi connectivity index (χ3v) is 5.42. The Balaban J connectivity index is 1.85. The van der Waals surface area contributed by atoms with E-state index in [2.05, 4.69) is 0 Å². The number of amides is 1. The van der Waals surface area contributed by atoms with E-state index in [9.17, 15) is 19.1 Å². The number of rotatable bonds is 5. The zero-order chi connectivity index (χ0) is 21.3. The molecular formula is C24H19FNO4-. The van der Waals surface area contributed by atoms with Crippen LogP contribution in [-0.4, -0.2) is 23.9 Å². The highest BCUT2D eigenvalue weighted by Crippen LogP contribution is 2.43. The number of methoxy groups -OCH3 is 1. The number of fused-ring (bicyclic) bond motifs is 1. The Hall–Kier alpha value is -3.67. The second-order valence-electron chi connectivity index (χ2n) is 7.16. The van der Waals surface area contributed by atoms with Crippen molar-refractivity contribution in [3.05, 3.63) is 101 Å². The molecule has 0 unspecified atom stereocenters. The Kier molecular flexibility index (Phi) is 5.23. The van der Waals surface area contributed by atoms with E-state index in [1.165, 1.54) is 17.0 Å². The Morgan fingerprint density at radius 1 is 1.03 bits per heavy atom. The van der Waals surface area contributed by atoms with Crippen molar-refractivity contribution in [3.8, 4) is 5.75 Å². The number of aliphatic carboxylic acids is 1. The summed E-state index contributed by atoms with van der Waals surface area (Å²) in [5.41, 5.74) is 2.10. The topological polar surface area (TPSA) is 69.7 Å². The smallest absolute Gasteiger partial charge is 0.255 e. The first kappa shape index (κ1) is 19.6. The van der Waals surface area contributed by atoms with Crippen molar-refractivity contribution in [2.45, 2.75) is 18.5 Å². The predicted octanol–water partition coefficient (Wildman–Crippen LogP) is 3.07. The molecule has 5 nitrogen and oxygen atoms in total. The fraction of sp³-hybridized carbons (Fsp3) is 0.167. The van der Waals surface area contributed by atoms with Gasteiger partial charge < -0.3 is 19.5 Å². The van der Waals surface area contributed by atoms with E-state index in [4.69, 9.17) is 4.74 Å². The highest BCUT2D eigenvalue weighted by Gasteiger charge is 2.41. The Morgan fingerprint density at radius 3 is 2.33 bits per heavy atom. The molecule has 1 heterocycles. The van der Waals surface area contributed by atoms with Crippen molar-refractivity contribution in [2.75, 3.05) is 7.11 Å². The molecule has 3 aromatic carbocycles. The number of carboxylic acid groups (broad SMARTS) is 1. The third kappa shape index (κ3) is 3.52. The van der Waals surface area contributed by atoms with Gasteiger partial charge in [0.1, 0.15) is 11.6 Å². The third-order valence-electron chi connectivity index (χ3n) is 5.42. The zero-order valence-corrected chi connectivity index (χ0v) is 16.2. The van der Waals surface area contributed by atoms with Crippen LogP contribution in [0.1, 0.15) is 39.0 Å². The van der Waals surface area contributed by atoms with Gasteiger partial charge in [-0.25, -0.2) is 4.39 Å². The van der Waals surface area contributed by atoms with Crippen molar-refractivity contribution in [1.29, 1.82) is 0 Å². The van der Waals surface area contributed by atoms with Crippen molar-refractivity contribution >= 4 is 11.9 Å². The van der Waals surface area contributed by atoms with Gasteiger partial charge in [-0.1, -0.05) is 42.5 Å². The summed E-state index contributed by atoms with van der Waals surface area (Å²) >= 11 is 0. The van der Waals surface area contributed by atoms with Gasteiger partial charge in [0.15, 0.2) is 0 Å². The molecule has 30 heavy (non-hydrogen) atoms. The molecule has 1 amide bonds. The van der Waals surface area contributed by atoms with Crippen LogP contribution in [0, 0.1) is 5.82 Å². The molecule has 0 spiro atoms. The summed E-state index contributed by atoms with van der Waals surface area (Å²) < 4.78 is 18.5. The molecule has 6 heteroatoms. The lowest BCUT2D eigenvalue weighted by Gasteiger charge is -2.43. The largest absolute Gasteiger partial charge is 0.549 e. The van der Waals surface area contributed by atoms with Crippen LogP contribution in [0.4, 0.5) is 4.39 Å². The number of hydrogen-bond acceptors (Lipinski definition) is 4. The van der Waals surface area contributed by atoms with Gasteiger partial charge >= 0.3 is 0 Å². The molecule has 0 bridgehead atoms. The Bertz CT molecular complexity index is 1080. The first-order valence-corrected chi connectivity index (χ1v) is 9.48. The highest BCUT2D eigenvalue weighted by atomic mass is 19.1. The molecule has 0 aliphatic carbocycles. The molecule has 2 atom stereocenters. The number of carboxylic acids is 1. The van der Waals surface area contributed by atoms with E-state index in [1.54, 1.807) is 67.8 Å². The fourth-order valence-electron chi connectivity index (χ4n) is 3.98. The Morgan fingerprint density at radius 2 is 1.70 bits per heavy atom. The van der Waals surface area contributed by atoms with Crippen molar-refractivity contribution in [2.24, 2.45) is 0 Å². The Labute approximate surface area is 173 Å². The van der Waals surface area contributed by atoms with Crippen molar-refractivity contribution in [3.63, 3.8) is 0 Å². The summed E-state index contributed by atoms with van der Waals surface area (Å²) in [4.78, 5) is 27.1. The maximum atomic E-state index is 13.4. The van der Waals surface area contributed by atoms with Crippen LogP contribution in [0.3, 0.4) is 0 Å². The number of benzene rings is 3. The average molecular weight is 404 g/mol. The zero-order valence-electron chi connectivity index (χ0n) is 16.2. The summed E-state index contributed by atoms with van der Waals surface area (Å²) in [5, 5.41) is 12.2. The number of carbonyl (C=O) groups excluding carboxylic acids is 2. The molecule has 0 aromatic heterocycles. The van der Waals surface area contributed by atoms with E-state index >= 15 is 0 Å². The number of halogens is 1. The summed E-state index contributed by atoms with van der Waals surface area (Å²) in [5.74, 6) is -2.36. The highest BCUT2D eigenvalue weighted by molar-refractivity contribution is 6.00. The number of carbonyl (C=O) groups is 2.